The van der Waals surface area contributed by atoms with Crippen molar-refractivity contribution in [3.05, 3.63) is 36.9 Å². The average molecular weight is 441 g/mol. The first kappa shape index (κ1) is 20.4. The molecule has 0 spiro atoms. The van der Waals surface area contributed by atoms with E-state index in [0.717, 1.165) is 30.1 Å². The van der Waals surface area contributed by atoms with Crippen molar-refractivity contribution in [2.45, 2.75) is 56.3 Å². The molecule has 5 rings (SSSR count). The van der Waals surface area contributed by atoms with E-state index in [2.05, 4.69) is 46.3 Å². The first-order valence-electron chi connectivity index (χ1n) is 10.5. The van der Waals surface area contributed by atoms with E-state index < -0.39 is 0 Å². The van der Waals surface area contributed by atoms with Crippen LogP contribution in [-0.2, 0) is 4.74 Å². The van der Waals surface area contributed by atoms with Crippen molar-refractivity contribution in [1.29, 1.82) is 0 Å². The third-order valence-electron chi connectivity index (χ3n) is 6.84. The fourth-order valence-corrected chi connectivity index (χ4v) is 6.28. The Bertz CT molecular complexity index is 1090. The summed E-state index contributed by atoms with van der Waals surface area (Å²) < 4.78 is 7.65. The molecule has 4 heterocycles. The molecule has 0 unspecified atom stereocenters. The highest BCUT2D eigenvalue weighted by Crippen LogP contribution is 2.46. The Morgan fingerprint density at radius 3 is 2.81 bits per heavy atom. The minimum atomic E-state index is -0.0460. The summed E-state index contributed by atoms with van der Waals surface area (Å²) in [5.74, 6) is 0.180. The van der Waals surface area contributed by atoms with Gasteiger partial charge in [-0.05, 0) is 45.2 Å². The number of phenols is 1. The molecule has 2 aromatic heterocycles. The number of methoxy groups -OCH3 is 1. The van der Waals surface area contributed by atoms with Crippen LogP contribution in [0.2, 0.25) is 0 Å². The number of benzene rings is 1. The molecule has 2 saturated heterocycles. The van der Waals surface area contributed by atoms with Crippen LogP contribution in [0.3, 0.4) is 0 Å². The smallest absolute Gasteiger partial charge is 0.208 e. The Balaban J connectivity index is 1.37. The molecule has 9 heteroatoms. The second-order valence-corrected chi connectivity index (χ2v) is 10.2. The van der Waals surface area contributed by atoms with Crippen molar-refractivity contribution in [1.82, 2.24) is 25.1 Å². The topological polar surface area (TPSA) is 88.3 Å². The summed E-state index contributed by atoms with van der Waals surface area (Å²) in [6, 6.07) is 5.89. The van der Waals surface area contributed by atoms with Crippen LogP contribution >= 0.6 is 11.3 Å². The fraction of sp³-hybridized carbons (Fsp3) is 0.500. The maximum Gasteiger partial charge on any atom is 0.208 e. The third kappa shape index (κ3) is 3.50. The Kier molecular flexibility index (Phi) is 4.80. The van der Waals surface area contributed by atoms with Crippen molar-refractivity contribution in [2.75, 3.05) is 19.1 Å². The molecule has 3 aromatic rings. The van der Waals surface area contributed by atoms with E-state index in [1.165, 1.54) is 11.3 Å². The lowest BCUT2D eigenvalue weighted by Crippen LogP contribution is -2.60. The lowest BCUT2D eigenvalue weighted by atomic mass is 9.84. The number of phenolic OH excluding ortho intramolecular Hbond substituents is 1. The number of rotatable bonds is 5. The van der Waals surface area contributed by atoms with Gasteiger partial charge in [0.05, 0.1) is 23.7 Å². The minimum absolute atomic E-state index is 0.0460. The second kappa shape index (κ2) is 7.29. The summed E-state index contributed by atoms with van der Waals surface area (Å²) in [5.41, 5.74) is 1.54. The normalized spacial score (nSPS) is 29.9. The molecule has 0 radical (unpaired) electrons. The molecule has 0 saturated carbocycles. The van der Waals surface area contributed by atoms with Crippen LogP contribution in [-0.4, -0.2) is 62.2 Å². The van der Waals surface area contributed by atoms with E-state index in [1.807, 2.05) is 30.0 Å². The molecule has 4 atom stereocenters. The number of fused-ring (bicyclic) bond motifs is 2. The Morgan fingerprint density at radius 2 is 2.10 bits per heavy atom. The van der Waals surface area contributed by atoms with Crippen LogP contribution in [0.25, 0.3) is 16.3 Å². The van der Waals surface area contributed by atoms with Gasteiger partial charge in [0.25, 0.3) is 0 Å². The zero-order chi connectivity index (χ0) is 21.8. The average Bonchev–Trinajstić information content (AvgIpc) is 3.45. The number of ether oxygens (including phenoxy) is 1. The van der Waals surface area contributed by atoms with E-state index in [1.54, 1.807) is 18.6 Å². The van der Waals surface area contributed by atoms with Gasteiger partial charge in [0.1, 0.15) is 5.75 Å². The SMILES string of the molecule is CO[C@@H]1C[C@@]2(C)C[C@H](N(C)c3nnc(-c4ccc(-n5ccnc5)cc4O)s3)C[C@]1(C)N2. The van der Waals surface area contributed by atoms with Gasteiger partial charge in [-0.15, -0.1) is 10.2 Å². The first-order valence-corrected chi connectivity index (χ1v) is 11.3. The summed E-state index contributed by atoms with van der Waals surface area (Å²) in [6.45, 7) is 4.55. The molecule has 31 heavy (non-hydrogen) atoms. The molecule has 1 aromatic carbocycles. The summed E-state index contributed by atoms with van der Waals surface area (Å²) in [7, 11) is 3.90. The quantitative estimate of drug-likeness (QED) is 0.630. The fourth-order valence-electron chi connectivity index (χ4n) is 5.37. The molecule has 2 aliphatic rings. The number of hydrogen-bond acceptors (Lipinski definition) is 8. The third-order valence-corrected chi connectivity index (χ3v) is 7.89. The molecule has 8 nitrogen and oxygen atoms in total. The number of aromatic hydroxyl groups is 1. The zero-order valence-corrected chi connectivity index (χ0v) is 19.1. The van der Waals surface area contributed by atoms with Crippen LogP contribution in [0.1, 0.15) is 33.1 Å². The van der Waals surface area contributed by atoms with Gasteiger partial charge in [0.15, 0.2) is 5.01 Å². The minimum Gasteiger partial charge on any atom is -0.507 e. The Morgan fingerprint density at radius 1 is 1.26 bits per heavy atom. The molecular formula is C22H28N6O2S. The summed E-state index contributed by atoms with van der Waals surface area (Å²) >= 11 is 1.51. The number of hydrogen-bond donors (Lipinski definition) is 2. The summed E-state index contributed by atoms with van der Waals surface area (Å²) in [5, 5.41) is 24.8. The number of piperidine rings is 1. The number of nitrogens with zero attached hydrogens (tertiary/aromatic N) is 5. The predicted molar refractivity (Wildman–Crippen MR) is 121 cm³/mol. The van der Waals surface area contributed by atoms with Gasteiger partial charge < -0.3 is 24.6 Å². The van der Waals surface area contributed by atoms with Crippen LogP contribution in [0, 0.1) is 0 Å². The lowest BCUT2D eigenvalue weighted by molar-refractivity contribution is 0.0470. The van der Waals surface area contributed by atoms with Gasteiger partial charge in [-0.1, -0.05) is 11.3 Å². The molecule has 0 aliphatic carbocycles. The number of imidazole rings is 1. The van der Waals surface area contributed by atoms with E-state index in [4.69, 9.17) is 4.74 Å². The van der Waals surface area contributed by atoms with Crippen LogP contribution in [0.5, 0.6) is 5.75 Å². The molecular weight excluding hydrogens is 412 g/mol. The highest BCUT2D eigenvalue weighted by Gasteiger charge is 2.55. The van der Waals surface area contributed by atoms with E-state index in [0.29, 0.717) is 16.6 Å². The van der Waals surface area contributed by atoms with Gasteiger partial charge in [0.2, 0.25) is 5.13 Å². The standard InChI is InChI=1S/C22H28N6O2S/c1-21-10-15(11-22(2,26-21)18(12-21)30-4)27(3)20-25-24-19(31-20)16-6-5-14(9-17(16)29)28-8-7-23-13-28/h5-9,13,15,18,26,29H,10-12H2,1-4H3/t15-,18+,21+,22-/m0/s1. The number of aromatic nitrogens is 4. The maximum absolute atomic E-state index is 10.6. The molecule has 0 amide bonds. The summed E-state index contributed by atoms with van der Waals surface area (Å²) in [4.78, 5) is 6.30. The molecule has 2 N–H and O–H groups in total. The maximum atomic E-state index is 10.6. The van der Waals surface area contributed by atoms with Gasteiger partial charge in [-0.3, -0.25) is 0 Å². The monoisotopic (exact) mass is 440 g/mol. The van der Waals surface area contributed by atoms with Gasteiger partial charge in [-0.2, -0.15) is 0 Å². The van der Waals surface area contributed by atoms with Gasteiger partial charge in [0, 0.05) is 49.7 Å². The molecule has 164 valence electrons. The van der Waals surface area contributed by atoms with Crippen molar-refractivity contribution in [3.8, 4) is 22.0 Å². The van der Waals surface area contributed by atoms with Crippen molar-refractivity contribution < 1.29 is 9.84 Å². The van der Waals surface area contributed by atoms with Crippen LogP contribution in [0.15, 0.2) is 36.9 Å². The second-order valence-electron chi connectivity index (χ2n) is 9.27. The van der Waals surface area contributed by atoms with E-state index in [-0.39, 0.29) is 22.9 Å². The number of nitrogens with one attached hydrogen (secondary N) is 1. The van der Waals surface area contributed by atoms with Crippen molar-refractivity contribution in [3.63, 3.8) is 0 Å². The highest BCUT2D eigenvalue weighted by molar-refractivity contribution is 7.18. The molecule has 2 aliphatic heterocycles. The highest BCUT2D eigenvalue weighted by atomic mass is 32.1. The van der Waals surface area contributed by atoms with E-state index in [9.17, 15) is 5.11 Å². The van der Waals surface area contributed by atoms with Crippen molar-refractivity contribution in [2.24, 2.45) is 0 Å². The molecule has 2 bridgehead atoms. The van der Waals surface area contributed by atoms with Crippen LogP contribution in [0.4, 0.5) is 5.13 Å². The van der Waals surface area contributed by atoms with E-state index >= 15 is 0 Å². The van der Waals surface area contributed by atoms with Crippen molar-refractivity contribution >= 4 is 16.5 Å². The van der Waals surface area contributed by atoms with Crippen LogP contribution < -0.4 is 10.2 Å². The Labute approximate surface area is 185 Å². The zero-order valence-electron chi connectivity index (χ0n) is 18.2. The lowest BCUT2D eigenvalue weighted by Gasteiger charge is -2.45. The largest absolute Gasteiger partial charge is 0.507 e. The van der Waals surface area contributed by atoms with Gasteiger partial charge in [-0.25, -0.2) is 4.98 Å². The first-order chi connectivity index (χ1) is 14.8. The Hall–Kier alpha value is -2.49. The summed E-state index contributed by atoms with van der Waals surface area (Å²) in [6.07, 6.45) is 8.49. The predicted octanol–water partition coefficient (Wildman–Crippen LogP) is 3.22. The molecule has 2 fully saturated rings. The number of anilines is 1. The van der Waals surface area contributed by atoms with Gasteiger partial charge >= 0.3 is 0 Å².